The van der Waals surface area contributed by atoms with E-state index < -0.39 is 0 Å². The second kappa shape index (κ2) is 4.26. The Balaban J connectivity index is 1.88. The van der Waals surface area contributed by atoms with Gasteiger partial charge in [-0.05, 0) is 30.9 Å². The molecule has 0 unspecified atom stereocenters. The van der Waals surface area contributed by atoms with Gasteiger partial charge in [0.25, 0.3) is 0 Å². The number of carbonyl (C=O) groups is 1. The van der Waals surface area contributed by atoms with Crippen LogP contribution < -0.4 is 0 Å². The molecule has 1 saturated carbocycles. The number of ketones is 1. The SMILES string of the molecule is CCc1ccc(C(=O)CCC2CC2)s1. The Hall–Kier alpha value is -0.630. The lowest BCUT2D eigenvalue weighted by molar-refractivity contribution is 0.0982. The number of rotatable bonds is 5. The molecule has 0 amide bonds. The number of aryl methyl sites for hydroxylation is 1. The van der Waals surface area contributed by atoms with Gasteiger partial charge in [-0.3, -0.25) is 4.79 Å². The molecule has 2 heteroatoms. The summed E-state index contributed by atoms with van der Waals surface area (Å²) in [7, 11) is 0. The summed E-state index contributed by atoms with van der Waals surface area (Å²) in [5, 5.41) is 0. The third kappa shape index (κ3) is 2.44. The minimum absolute atomic E-state index is 0.349. The molecule has 0 saturated heterocycles. The zero-order valence-corrected chi connectivity index (χ0v) is 9.40. The Kier molecular flexibility index (Phi) is 3.02. The maximum Gasteiger partial charge on any atom is 0.172 e. The first-order valence-corrected chi connectivity index (χ1v) is 6.23. The molecule has 0 radical (unpaired) electrons. The van der Waals surface area contributed by atoms with Gasteiger partial charge < -0.3 is 0 Å². The molecule has 0 atom stereocenters. The van der Waals surface area contributed by atoms with E-state index >= 15 is 0 Å². The summed E-state index contributed by atoms with van der Waals surface area (Å²) in [5.41, 5.74) is 0. The zero-order valence-electron chi connectivity index (χ0n) is 8.58. The fourth-order valence-corrected chi connectivity index (χ4v) is 2.50. The van der Waals surface area contributed by atoms with Crippen LogP contribution in [0.15, 0.2) is 12.1 Å². The van der Waals surface area contributed by atoms with Gasteiger partial charge in [-0.2, -0.15) is 0 Å². The third-order valence-corrected chi connectivity index (χ3v) is 4.03. The van der Waals surface area contributed by atoms with Gasteiger partial charge in [0.1, 0.15) is 0 Å². The van der Waals surface area contributed by atoms with Crippen molar-refractivity contribution in [3.05, 3.63) is 21.9 Å². The smallest absolute Gasteiger partial charge is 0.172 e. The van der Waals surface area contributed by atoms with Crippen LogP contribution in [0.1, 0.15) is 47.2 Å². The molecule has 2 rings (SSSR count). The average Bonchev–Trinajstić information content (AvgIpc) is 2.90. The van der Waals surface area contributed by atoms with Crippen LogP contribution in [0.4, 0.5) is 0 Å². The largest absolute Gasteiger partial charge is 0.293 e. The highest BCUT2D eigenvalue weighted by molar-refractivity contribution is 7.14. The van der Waals surface area contributed by atoms with E-state index in [9.17, 15) is 4.79 Å². The van der Waals surface area contributed by atoms with Gasteiger partial charge in [0.15, 0.2) is 5.78 Å². The van der Waals surface area contributed by atoms with Crippen LogP contribution in [0.2, 0.25) is 0 Å². The molecule has 76 valence electrons. The fourth-order valence-electron chi connectivity index (χ4n) is 1.58. The molecule has 14 heavy (non-hydrogen) atoms. The van der Waals surface area contributed by atoms with Crippen LogP contribution >= 0.6 is 11.3 Å². The van der Waals surface area contributed by atoms with Crippen molar-refractivity contribution >= 4 is 17.1 Å². The van der Waals surface area contributed by atoms with Gasteiger partial charge in [-0.15, -0.1) is 11.3 Å². The van der Waals surface area contributed by atoms with Gasteiger partial charge in [-0.25, -0.2) is 0 Å². The molecular formula is C12H16OS. The summed E-state index contributed by atoms with van der Waals surface area (Å²) in [5.74, 6) is 1.21. The van der Waals surface area contributed by atoms with E-state index in [-0.39, 0.29) is 0 Å². The predicted octanol–water partition coefficient (Wildman–Crippen LogP) is 3.68. The number of hydrogen-bond donors (Lipinski definition) is 0. The van der Waals surface area contributed by atoms with E-state index in [1.807, 2.05) is 6.07 Å². The lowest BCUT2D eigenvalue weighted by atomic mass is 10.1. The van der Waals surface area contributed by atoms with Crippen molar-refractivity contribution in [1.29, 1.82) is 0 Å². The topological polar surface area (TPSA) is 17.1 Å². The Morgan fingerprint density at radius 2 is 2.29 bits per heavy atom. The van der Waals surface area contributed by atoms with E-state index in [0.717, 1.165) is 30.1 Å². The van der Waals surface area contributed by atoms with E-state index in [4.69, 9.17) is 0 Å². The lowest BCUT2D eigenvalue weighted by Gasteiger charge is -1.95. The molecule has 1 aliphatic rings. The maximum atomic E-state index is 11.7. The van der Waals surface area contributed by atoms with Crippen molar-refractivity contribution in [3.8, 4) is 0 Å². The summed E-state index contributed by atoms with van der Waals surface area (Å²) in [4.78, 5) is 14.0. The molecule has 1 heterocycles. The van der Waals surface area contributed by atoms with Gasteiger partial charge in [0, 0.05) is 11.3 Å². The molecule has 0 aromatic carbocycles. The van der Waals surface area contributed by atoms with Gasteiger partial charge >= 0.3 is 0 Å². The van der Waals surface area contributed by atoms with Crippen LogP contribution in [0.3, 0.4) is 0 Å². The van der Waals surface area contributed by atoms with Crippen LogP contribution in [0.25, 0.3) is 0 Å². The number of thiophene rings is 1. The monoisotopic (exact) mass is 208 g/mol. The zero-order chi connectivity index (χ0) is 9.97. The Bertz CT molecular complexity index is 323. The summed E-state index contributed by atoms with van der Waals surface area (Å²) in [6.45, 7) is 2.13. The molecule has 0 bridgehead atoms. The quantitative estimate of drug-likeness (QED) is 0.674. The van der Waals surface area contributed by atoms with Crippen LogP contribution in [-0.2, 0) is 6.42 Å². The van der Waals surface area contributed by atoms with E-state index in [1.165, 1.54) is 17.7 Å². The fraction of sp³-hybridized carbons (Fsp3) is 0.583. The van der Waals surface area contributed by atoms with Crippen molar-refractivity contribution in [2.45, 2.75) is 39.0 Å². The lowest BCUT2D eigenvalue weighted by Crippen LogP contribution is -1.95. The minimum Gasteiger partial charge on any atom is -0.293 e. The highest BCUT2D eigenvalue weighted by Crippen LogP contribution is 2.34. The second-order valence-corrected chi connectivity index (χ2v) is 5.19. The molecule has 1 aliphatic carbocycles. The number of carbonyl (C=O) groups excluding carboxylic acids is 1. The molecule has 1 nitrogen and oxygen atoms in total. The normalized spacial score (nSPS) is 15.8. The standard InChI is InChI=1S/C12H16OS/c1-2-10-6-8-12(14-10)11(13)7-5-9-3-4-9/h6,8-9H,2-5,7H2,1H3. The van der Waals surface area contributed by atoms with Crippen molar-refractivity contribution in [2.75, 3.05) is 0 Å². The first-order chi connectivity index (χ1) is 6.79. The molecule has 0 aliphatic heterocycles. The highest BCUT2D eigenvalue weighted by atomic mass is 32.1. The highest BCUT2D eigenvalue weighted by Gasteiger charge is 2.22. The Morgan fingerprint density at radius 1 is 1.50 bits per heavy atom. The molecule has 1 aromatic rings. The summed E-state index contributed by atoms with van der Waals surface area (Å²) in [6.07, 6.45) is 5.60. The Labute approximate surface area is 89.1 Å². The predicted molar refractivity (Wildman–Crippen MR) is 60.0 cm³/mol. The molecule has 0 spiro atoms. The van der Waals surface area contributed by atoms with E-state index in [0.29, 0.717) is 5.78 Å². The first kappa shape index (κ1) is 9.91. The average molecular weight is 208 g/mol. The van der Waals surface area contributed by atoms with Crippen LogP contribution in [0.5, 0.6) is 0 Å². The van der Waals surface area contributed by atoms with Crippen molar-refractivity contribution in [2.24, 2.45) is 5.92 Å². The van der Waals surface area contributed by atoms with Gasteiger partial charge in [0.2, 0.25) is 0 Å². The van der Waals surface area contributed by atoms with E-state index in [2.05, 4.69) is 13.0 Å². The number of Topliss-reactive ketones (excluding diaryl/α,β-unsaturated/α-hetero) is 1. The van der Waals surface area contributed by atoms with Gasteiger partial charge in [0.05, 0.1) is 4.88 Å². The Morgan fingerprint density at radius 3 is 2.86 bits per heavy atom. The first-order valence-electron chi connectivity index (χ1n) is 5.41. The minimum atomic E-state index is 0.349. The second-order valence-electron chi connectivity index (χ2n) is 4.02. The molecule has 1 aromatic heterocycles. The summed E-state index contributed by atoms with van der Waals surface area (Å²) >= 11 is 1.66. The van der Waals surface area contributed by atoms with Crippen molar-refractivity contribution in [1.82, 2.24) is 0 Å². The van der Waals surface area contributed by atoms with E-state index in [1.54, 1.807) is 11.3 Å². The number of hydrogen-bond acceptors (Lipinski definition) is 2. The summed E-state index contributed by atoms with van der Waals surface area (Å²) in [6, 6.07) is 4.06. The molecule has 1 fully saturated rings. The molecular weight excluding hydrogens is 192 g/mol. The van der Waals surface area contributed by atoms with Crippen LogP contribution in [0, 0.1) is 5.92 Å². The van der Waals surface area contributed by atoms with Gasteiger partial charge in [-0.1, -0.05) is 19.8 Å². The van der Waals surface area contributed by atoms with Crippen molar-refractivity contribution in [3.63, 3.8) is 0 Å². The van der Waals surface area contributed by atoms with Crippen molar-refractivity contribution < 1.29 is 4.79 Å². The maximum absolute atomic E-state index is 11.7. The van der Waals surface area contributed by atoms with Crippen LogP contribution in [-0.4, -0.2) is 5.78 Å². The summed E-state index contributed by atoms with van der Waals surface area (Å²) < 4.78 is 0. The molecule has 0 N–H and O–H groups in total. The third-order valence-electron chi connectivity index (χ3n) is 2.76.